The van der Waals surface area contributed by atoms with Gasteiger partial charge >= 0.3 is 5.97 Å². The topological polar surface area (TPSA) is 76.0 Å². The Labute approximate surface area is 182 Å². The molecule has 2 rings (SSSR count). The second-order valence-corrected chi connectivity index (χ2v) is 8.79. The Hall–Kier alpha value is -1.17. The zero-order valence-corrected chi connectivity index (χ0v) is 18.7. The summed E-state index contributed by atoms with van der Waals surface area (Å²) >= 11 is 0. The van der Waals surface area contributed by atoms with Crippen LogP contribution >= 0.6 is 0 Å². The molecule has 0 aromatic heterocycles. The van der Waals surface area contributed by atoms with Crippen molar-refractivity contribution in [3.8, 4) is 0 Å². The number of carboxylic acids is 1. The van der Waals surface area contributed by atoms with Crippen LogP contribution in [0.3, 0.4) is 0 Å². The minimum absolute atomic E-state index is 0.0533. The average molecular weight is 423 g/mol. The third kappa shape index (κ3) is 9.32. The van der Waals surface area contributed by atoms with E-state index < -0.39 is 5.97 Å². The Morgan fingerprint density at radius 2 is 1.83 bits per heavy atom. The Morgan fingerprint density at radius 1 is 1.07 bits per heavy atom. The average Bonchev–Trinajstić information content (AvgIpc) is 3.02. The maximum atomic E-state index is 10.8. The summed E-state index contributed by atoms with van der Waals surface area (Å²) in [5, 5.41) is 19.5. The summed E-state index contributed by atoms with van der Waals surface area (Å²) in [5.41, 5.74) is 0. The van der Waals surface area contributed by atoms with Crippen molar-refractivity contribution in [2.45, 2.75) is 109 Å². The molecule has 0 aromatic carbocycles. The summed E-state index contributed by atoms with van der Waals surface area (Å²) in [6, 6.07) is 0. The number of aliphatic carboxylic acids is 1. The SMILES string of the molecule is CCCCC=CCC[C@@H]1[C@@H](CC=CCCCC(=O)O)[C@@H](O)C[C@H]1OC1CCCCO1. The summed E-state index contributed by atoms with van der Waals surface area (Å²) in [7, 11) is 0. The molecule has 172 valence electrons. The van der Waals surface area contributed by atoms with E-state index >= 15 is 0 Å². The highest BCUT2D eigenvalue weighted by Gasteiger charge is 2.43. The molecule has 0 bridgehead atoms. The number of allylic oxidation sites excluding steroid dienone is 4. The fourth-order valence-electron chi connectivity index (χ4n) is 4.64. The van der Waals surface area contributed by atoms with Crippen LogP contribution in [-0.2, 0) is 14.3 Å². The lowest BCUT2D eigenvalue weighted by Gasteiger charge is -2.30. The van der Waals surface area contributed by atoms with Crippen molar-refractivity contribution >= 4 is 5.97 Å². The molecule has 1 heterocycles. The number of aliphatic hydroxyl groups is 1. The van der Waals surface area contributed by atoms with Crippen molar-refractivity contribution in [1.29, 1.82) is 0 Å². The van der Waals surface area contributed by atoms with Gasteiger partial charge in [0.1, 0.15) is 0 Å². The van der Waals surface area contributed by atoms with Crippen LogP contribution in [0.1, 0.15) is 90.4 Å². The van der Waals surface area contributed by atoms with Crippen LogP contribution in [0.25, 0.3) is 0 Å². The molecule has 30 heavy (non-hydrogen) atoms. The largest absolute Gasteiger partial charge is 0.481 e. The number of hydrogen-bond acceptors (Lipinski definition) is 4. The normalized spacial score (nSPS) is 29.9. The van der Waals surface area contributed by atoms with Crippen LogP contribution in [0.15, 0.2) is 24.3 Å². The fraction of sp³-hybridized carbons (Fsp3) is 0.800. The Bertz CT molecular complexity index is 524. The first-order valence-electron chi connectivity index (χ1n) is 12.1. The fourth-order valence-corrected chi connectivity index (χ4v) is 4.64. The van der Waals surface area contributed by atoms with Crippen molar-refractivity contribution in [3.05, 3.63) is 24.3 Å². The van der Waals surface area contributed by atoms with E-state index in [-0.39, 0.29) is 30.8 Å². The van der Waals surface area contributed by atoms with Crippen molar-refractivity contribution < 1.29 is 24.5 Å². The van der Waals surface area contributed by atoms with Crippen LogP contribution in [0, 0.1) is 11.8 Å². The Kier molecular flexibility index (Phi) is 12.4. The second kappa shape index (κ2) is 14.8. The Morgan fingerprint density at radius 3 is 2.57 bits per heavy atom. The van der Waals surface area contributed by atoms with Gasteiger partial charge in [0.25, 0.3) is 0 Å². The van der Waals surface area contributed by atoms with Gasteiger partial charge < -0.3 is 19.7 Å². The van der Waals surface area contributed by atoms with Gasteiger partial charge in [0.15, 0.2) is 6.29 Å². The Balaban J connectivity index is 1.89. The summed E-state index contributed by atoms with van der Waals surface area (Å²) in [6.45, 7) is 2.98. The van der Waals surface area contributed by atoms with Gasteiger partial charge in [0.05, 0.1) is 12.2 Å². The number of aliphatic hydroxyl groups excluding tert-OH is 1. The molecule has 0 aromatic rings. The van der Waals surface area contributed by atoms with Crippen molar-refractivity contribution in [3.63, 3.8) is 0 Å². The van der Waals surface area contributed by atoms with Crippen LogP contribution in [0.5, 0.6) is 0 Å². The van der Waals surface area contributed by atoms with Crippen LogP contribution in [-0.4, -0.2) is 41.3 Å². The molecule has 2 N–H and O–H groups in total. The van der Waals surface area contributed by atoms with Crippen molar-refractivity contribution in [1.82, 2.24) is 0 Å². The lowest BCUT2D eigenvalue weighted by Crippen LogP contribution is -2.31. The highest BCUT2D eigenvalue weighted by atomic mass is 16.7. The quantitative estimate of drug-likeness (QED) is 0.280. The summed E-state index contributed by atoms with van der Waals surface area (Å²) in [5.74, 6) is -0.227. The predicted octanol–water partition coefficient (Wildman–Crippen LogP) is 5.62. The molecule has 5 atom stereocenters. The molecule has 0 spiro atoms. The molecule has 0 amide bonds. The molecule has 1 unspecified atom stereocenters. The van der Waals surface area contributed by atoms with Gasteiger partial charge in [-0.05, 0) is 69.6 Å². The molecular formula is C25H42O5. The molecule has 1 aliphatic heterocycles. The summed E-state index contributed by atoms with van der Waals surface area (Å²) in [4.78, 5) is 10.6. The number of ether oxygens (including phenoxy) is 2. The smallest absolute Gasteiger partial charge is 0.303 e. The molecular weight excluding hydrogens is 380 g/mol. The molecule has 5 nitrogen and oxygen atoms in total. The molecule has 5 heteroatoms. The number of hydrogen-bond donors (Lipinski definition) is 2. The van der Waals surface area contributed by atoms with Crippen LogP contribution < -0.4 is 0 Å². The summed E-state index contributed by atoms with van der Waals surface area (Å²) in [6.07, 6.45) is 20.3. The number of unbranched alkanes of at least 4 members (excludes halogenated alkanes) is 3. The molecule has 2 aliphatic rings. The van der Waals surface area contributed by atoms with Crippen molar-refractivity contribution in [2.75, 3.05) is 6.61 Å². The number of carboxylic acid groups (broad SMARTS) is 1. The van der Waals surface area contributed by atoms with Gasteiger partial charge in [-0.1, -0.05) is 44.1 Å². The third-order valence-corrected chi connectivity index (χ3v) is 6.35. The zero-order chi connectivity index (χ0) is 21.6. The highest BCUT2D eigenvalue weighted by Crippen LogP contribution is 2.41. The van der Waals surface area contributed by atoms with E-state index in [0.717, 1.165) is 58.0 Å². The lowest BCUT2D eigenvalue weighted by atomic mass is 9.86. The van der Waals surface area contributed by atoms with Gasteiger partial charge in [-0.2, -0.15) is 0 Å². The van der Waals surface area contributed by atoms with Crippen LogP contribution in [0.2, 0.25) is 0 Å². The molecule has 1 saturated heterocycles. The minimum atomic E-state index is -0.744. The first kappa shape index (κ1) is 25.1. The van der Waals surface area contributed by atoms with E-state index in [1.165, 1.54) is 12.8 Å². The van der Waals surface area contributed by atoms with Crippen LogP contribution in [0.4, 0.5) is 0 Å². The van der Waals surface area contributed by atoms with Gasteiger partial charge in [0.2, 0.25) is 0 Å². The monoisotopic (exact) mass is 422 g/mol. The van der Waals surface area contributed by atoms with Crippen molar-refractivity contribution in [2.24, 2.45) is 11.8 Å². The van der Waals surface area contributed by atoms with Gasteiger partial charge in [-0.15, -0.1) is 0 Å². The molecule has 1 saturated carbocycles. The predicted molar refractivity (Wildman–Crippen MR) is 119 cm³/mol. The standard InChI is InChI=1S/C25H42O5/c1-2-3-4-5-6-10-15-21-20(14-9-7-8-11-16-24(27)28)22(26)19-23(21)30-25-17-12-13-18-29-25/h5-7,9,20-23,25-26H,2-4,8,10-19H2,1H3,(H,27,28)/t20-,21-,22+,23-,25?/m1/s1. The molecule has 2 fully saturated rings. The minimum Gasteiger partial charge on any atom is -0.481 e. The second-order valence-electron chi connectivity index (χ2n) is 8.79. The number of carbonyl (C=O) groups is 1. The lowest BCUT2D eigenvalue weighted by molar-refractivity contribution is -0.196. The number of rotatable bonds is 14. The zero-order valence-electron chi connectivity index (χ0n) is 18.7. The highest BCUT2D eigenvalue weighted by molar-refractivity contribution is 5.66. The first-order chi connectivity index (χ1) is 14.6. The van der Waals surface area contributed by atoms with E-state index in [4.69, 9.17) is 14.6 Å². The molecule has 0 radical (unpaired) electrons. The van der Waals surface area contributed by atoms with E-state index in [1.54, 1.807) is 0 Å². The first-order valence-corrected chi connectivity index (χ1v) is 12.1. The third-order valence-electron chi connectivity index (χ3n) is 6.35. The molecule has 1 aliphatic carbocycles. The van der Waals surface area contributed by atoms with E-state index in [2.05, 4.69) is 31.2 Å². The van der Waals surface area contributed by atoms with E-state index in [1.807, 2.05) is 0 Å². The van der Waals surface area contributed by atoms with Gasteiger partial charge in [0, 0.05) is 19.4 Å². The van der Waals surface area contributed by atoms with E-state index in [0.29, 0.717) is 18.8 Å². The maximum absolute atomic E-state index is 10.8. The maximum Gasteiger partial charge on any atom is 0.303 e. The van der Waals surface area contributed by atoms with Gasteiger partial charge in [-0.3, -0.25) is 4.79 Å². The summed E-state index contributed by atoms with van der Waals surface area (Å²) < 4.78 is 12.1. The van der Waals surface area contributed by atoms with Gasteiger partial charge in [-0.25, -0.2) is 0 Å². The van der Waals surface area contributed by atoms with E-state index in [9.17, 15) is 9.90 Å².